The molecule has 1 atom stereocenters. The van der Waals surface area contributed by atoms with Gasteiger partial charge in [0.25, 0.3) is 0 Å². The summed E-state index contributed by atoms with van der Waals surface area (Å²) in [6, 6.07) is 8.18. The van der Waals surface area contributed by atoms with E-state index in [1.54, 1.807) is 7.11 Å². The maximum Gasteiger partial charge on any atom is 0.104 e. The van der Waals surface area contributed by atoms with Crippen molar-refractivity contribution in [2.24, 2.45) is 0 Å². The molecule has 1 aromatic carbocycles. The fraction of sp³-hybridized carbons (Fsp3) is 0.467. The first-order chi connectivity index (χ1) is 8.81. The molecule has 1 N–H and O–H groups in total. The largest absolute Gasteiger partial charge is 0.384 e. The maximum absolute atomic E-state index is 8.69. The molecule has 96 valence electrons. The molecular formula is C15H19NO2. The van der Waals surface area contributed by atoms with E-state index < -0.39 is 0 Å². The molecule has 3 nitrogen and oxygen atoms in total. The summed E-state index contributed by atoms with van der Waals surface area (Å²) >= 11 is 0. The average Bonchev–Trinajstić information content (AvgIpc) is 2.84. The first-order valence-electron chi connectivity index (χ1n) is 6.25. The van der Waals surface area contributed by atoms with Gasteiger partial charge in [0.1, 0.15) is 6.61 Å². The molecule has 18 heavy (non-hydrogen) atoms. The lowest BCUT2D eigenvalue weighted by Gasteiger charge is -2.15. The second-order valence-electron chi connectivity index (χ2n) is 4.54. The summed E-state index contributed by atoms with van der Waals surface area (Å²) in [6.07, 6.45) is 1.49. The van der Waals surface area contributed by atoms with Crippen molar-refractivity contribution in [1.82, 2.24) is 4.90 Å². The van der Waals surface area contributed by atoms with Gasteiger partial charge >= 0.3 is 0 Å². The van der Waals surface area contributed by atoms with Crippen LogP contribution >= 0.6 is 0 Å². The molecule has 0 bridgehead atoms. The molecule has 1 aromatic rings. The van der Waals surface area contributed by atoms with Gasteiger partial charge in [0.2, 0.25) is 0 Å². The number of aliphatic hydroxyl groups excluding tert-OH is 1. The van der Waals surface area contributed by atoms with E-state index in [0.717, 1.165) is 31.6 Å². The lowest BCUT2D eigenvalue weighted by Crippen LogP contribution is -2.22. The van der Waals surface area contributed by atoms with Crippen molar-refractivity contribution in [2.75, 3.05) is 26.8 Å². The van der Waals surface area contributed by atoms with Crippen LogP contribution in [0, 0.1) is 11.8 Å². The van der Waals surface area contributed by atoms with Gasteiger partial charge in [-0.1, -0.05) is 24.0 Å². The molecule has 0 aliphatic carbocycles. The first kappa shape index (κ1) is 13.1. The van der Waals surface area contributed by atoms with Crippen LogP contribution in [0.25, 0.3) is 0 Å². The van der Waals surface area contributed by atoms with Crippen molar-refractivity contribution in [3.63, 3.8) is 0 Å². The van der Waals surface area contributed by atoms with Gasteiger partial charge in [0.05, 0.1) is 6.10 Å². The molecule has 1 aliphatic rings. The predicted octanol–water partition coefficient (Wildman–Crippen LogP) is 1.25. The number of nitrogens with zero attached hydrogens (tertiary/aromatic N) is 1. The van der Waals surface area contributed by atoms with E-state index in [1.807, 2.05) is 12.1 Å². The topological polar surface area (TPSA) is 32.7 Å². The molecule has 1 fully saturated rings. The number of likely N-dealkylation sites (tertiary alicyclic amines) is 1. The van der Waals surface area contributed by atoms with Gasteiger partial charge in [-0.25, -0.2) is 0 Å². The van der Waals surface area contributed by atoms with Crippen molar-refractivity contribution in [2.45, 2.75) is 19.1 Å². The van der Waals surface area contributed by atoms with Gasteiger partial charge in [0.15, 0.2) is 0 Å². The van der Waals surface area contributed by atoms with Crippen LogP contribution in [0.2, 0.25) is 0 Å². The first-order valence-corrected chi connectivity index (χ1v) is 6.25. The Bertz CT molecular complexity index is 447. The van der Waals surface area contributed by atoms with Crippen molar-refractivity contribution in [1.29, 1.82) is 0 Å². The zero-order valence-electron chi connectivity index (χ0n) is 10.7. The van der Waals surface area contributed by atoms with Gasteiger partial charge < -0.3 is 9.84 Å². The van der Waals surface area contributed by atoms with Crippen molar-refractivity contribution in [3.8, 4) is 11.8 Å². The fourth-order valence-corrected chi connectivity index (χ4v) is 2.28. The van der Waals surface area contributed by atoms with Crippen molar-refractivity contribution >= 4 is 0 Å². The highest BCUT2D eigenvalue weighted by Crippen LogP contribution is 2.15. The molecular weight excluding hydrogens is 226 g/mol. The van der Waals surface area contributed by atoms with Gasteiger partial charge in [-0.05, 0) is 24.1 Å². The van der Waals surface area contributed by atoms with Crippen LogP contribution in [-0.2, 0) is 11.3 Å². The van der Waals surface area contributed by atoms with Crippen LogP contribution in [0.15, 0.2) is 24.3 Å². The zero-order valence-corrected chi connectivity index (χ0v) is 10.7. The van der Waals surface area contributed by atoms with E-state index in [4.69, 9.17) is 9.84 Å². The van der Waals surface area contributed by atoms with E-state index in [0.29, 0.717) is 6.10 Å². The lowest BCUT2D eigenvalue weighted by atomic mass is 10.1. The van der Waals surface area contributed by atoms with E-state index in [2.05, 4.69) is 28.9 Å². The summed E-state index contributed by atoms with van der Waals surface area (Å²) in [7, 11) is 1.78. The highest BCUT2D eigenvalue weighted by Gasteiger charge is 2.21. The normalized spacial score (nSPS) is 19.6. The molecule has 0 radical (unpaired) electrons. The number of ether oxygens (including phenoxy) is 1. The SMILES string of the molecule is COC1CCN(Cc2cccc(C#CCO)c2)C1. The van der Waals surface area contributed by atoms with Crippen LogP contribution in [-0.4, -0.2) is 42.9 Å². The van der Waals surface area contributed by atoms with E-state index in [-0.39, 0.29) is 6.61 Å². The summed E-state index contributed by atoms with van der Waals surface area (Å²) in [5.74, 6) is 5.61. The Kier molecular flexibility index (Phi) is 4.77. The van der Waals surface area contributed by atoms with Crippen LogP contribution in [0.1, 0.15) is 17.5 Å². The van der Waals surface area contributed by atoms with Crippen molar-refractivity contribution in [3.05, 3.63) is 35.4 Å². The third kappa shape index (κ3) is 3.58. The van der Waals surface area contributed by atoms with Gasteiger partial charge in [0, 0.05) is 32.3 Å². The summed E-state index contributed by atoms with van der Waals surface area (Å²) in [6.45, 7) is 2.94. The fourth-order valence-electron chi connectivity index (χ4n) is 2.28. The van der Waals surface area contributed by atoms with Gasteiger partial charge in [-0.2, -0.15) is 0 Å². The Morgan fingerprint density at radius 1 is 1.50 bits per heavy atom. The highest BCUT2D eigenvalue weighted by atomic mass is 16.5. The standard InChI is InChI=1S/C15H19NO2/c1-18-15-7-8-16(12-15)11-14-5-2-4-13(10-14)6-3-9-17/h2,4-5,10,15,17H,7-9,11-12H2,1H3. The molecule has 1 unspecified atom stereocenters. The lowest BCUT2D eigenvalue weighted by molar-refractivity contribution is 0.107. The molecule has 0 saturated carbocycles. The van der Waals surface area contributed by atoms with Crippen LogP contribution in [0.3, 0.4) is 0 Å². The smallest absolute Gasteiger partial charge is 0.104 e. The Labute approximate surface area is 108 Å². The molecule has 0 spiro atoms. The Balaban J connectivity index is 1.97. The quantitative estimate of drug-likeness (QED) is 0.814. The number of benzene rings is 1. The van der Waals surface area contributed by atoms with E-state index in [9.17, 15) is 0 Å². The van der Waals surface area contributed by atoms with E-state index in [1.165, 1.54) is 5.56 Å². The molecule has 1 saturated heterocycles. The predicted molar refractivity (Wildman–Crippen MR) is 71.1 cm³/mol. The van der Waals surface area contributed by atoms with Crippen molar-refractivity contribution < 1.29 is 9.84 Å². The number of aliphatic hydroxyl groups is 1. The third-order valence-electron chi connectivity index (χ3n) is 3.21. The molecule has 0 amide bonds. The number of hydrogen-bond donors (Lipinski definition) is 1. The summed E-state index contributed by atoms with van der Waals surface area (Å²) in [5.41, 5.74) is 2.22. The van der Waals surface area contributed by atoms with Crippen LogP contribution < -0.4 is 0 Å². The summed E-state index contributed by atoms with van der Waals surface area (Å²) < 4.78 is 5.36. The Morgan fingerprint density at radius 3 is 3.11 bits per heavy atom. The highest BCUT2D eigenvalue weighted by molar-refractivity contribution is 5.37. The van der Waals surface area contributed by atoms with Crippen LogP contribution in [0.5, 0.6) is 0 Å². The minimum atomic E-state index is -0.0914. The second-order valence-corrected chi connectivity index (χ2v) is 4.54. The van der Waals surface area contributed by atoms with Gasteiger partial charge in [-0.15, -0.1) is 0 Å². The molecule has 1 aliphatic heterocycles. The number of methoxy groups -OCH3 is 1. The Hall–Kier alpha value is -1.34. The zero-order chi connectivity index (χ0) is 12.8. The summed E-state index contributed by atoms with van der Waals surface area (Å²) in [4.78, 5) is 2.40. The van der Waals surface area contributed by atoms with Gasteiger partial charge in [-0.3, -0.25) is 4.90 Å². The minimum absolute atomic E-state index is 0.0914. The average molecular weight is 245 g/mol. The maximum atomic E-state index is 8.69. The molecule has 2 rings (SSSR count). The number of rotatable bonds is 3. The minimum Gasteiger partial charge on any atom is -0.384 e. The van der Waals surface area contributed by atoms with E-state index >= 15 is 0 Å². The molecule has 1 heterocycles. The van der Waals surface area contributed by atoms with Crippen LogP contribution in [0.4, 0.5) is 0 Å². The Morgan fingerprint density at radius 2 is 2.39 bits per heavy atom. The summed E-state index contributed by atoms with van der Waals surface area (Å²) in [5, 5.41) is 8.69. The molecule has 0 aromatic heterocycles. The number of hydrogen-bond acceptors (Lipinski definition) is 3. The monoisotopic (exact) mass is 245 g/mol. The molecule has 3 heteroatoms. The second kappa shape index (κ2) is 6.55. The third-order valence-corrected chi connectivity index (χ3v) is 3.21.